The molecule has 0 radical (unpaired) electrons. The lowest BCUT2D eigenvalue weighted by Crippen LogP contribution is -2.20. The molecule has 3 aromatic rings. The van der Waals surface area contributed by atoms with Crippen LogP contribution >= 0.6 is 11.3 Å². The minimum Gasteiger partial charge on any atom is -0.383 e. The lowest BCUT2D eigenvalue weighted by molar-refractivity contribution is 1.07. The molecule has 100 valence electrons. The van der Waals surface area contributed by atoms with E-state index in [0.717, 1.165) is 15.7 Å². The molecule has 6 nitrogen and oxygen atoms in total. The van der Waals surface area contributed by atoms with E-state index in [9.17, 15) is 10.1 Å². The maximum Gasteiger partial charge on any atom is 0.278 e. The molecule has 3 rings (SSSR count). The van der Waals surface area contributed by atoms with Crippen molar-refractivity contribution in [2.75, 3.05) is 5.73 Å². The minimum absolute atomic E-state index is 0.0195. The molecular weight excluding hydrogens is 286 g/mol. The van der Waals surface area contributed by atoms with Crippen LogP contribution in [0.4, 0.5) is 5.82 Å². The molecule has 2 N–H and O–H groups in total. The number of rotatable bonds is 1. The average molecular weight is 293 g/mol. The van der Waals surface area contributed by atoms with Crippen LogP contribution in [0, 0.1) is 22.7 Å². The van der Waals surface area contributed by atoms with E-state index in [4.69, 9.17) is 11.0 Å². The molecule has 2 aromatic heterocycles. The summed E-state index contributed by atoms with van der Waals surface area (Å²) in [5.74, 6) is 0.0195. The van der Waals surface area contributed by atoms with Crippen molar-refractivity contribution >= 4 is 22.1 Å². The van der Waals surface area contributed by atoms with Crippen molar-refractivity contribution in [3.63, 3.8) is 0 Å². The number of aromatic nitrogens is 2. The molecule has 1 aromatic carbocycles. The van der Waals surface area contributed by atoms with E-state index in [1.54, 1.807) is 24.3 Å². The number of fused-ring (bicyclic) bond motifs is 1. The highest BCUT2D eigenvalue weighted by Gasteiger charge is 2.19. The molecule has 0 bridgehead atoms. The Balaban J connectivity index is 2.47. The topological polar surface area (TPSA) is 108 Å². The largest absolute Gasteiger partial charge is 0.383 e. The molecule has 0 aliphatic heterocycles. The highest BCUT2D eigenvalue weighted by Crippen LogP contribution is 2.26. The summed E-state index contributed by atoms with van der Waals surface area (Å²) >= 11 is 1.02. The van der Waals surface area contributed by atoms with Gasteiger partial charge in [-0.05, 0) is 0 Å². The number of nitrogens with zero attached hydrogens (tertiary/aromatic N) is 4. The summed E-state index contributed by atoms with van der Waals surface area (Å²) in [7, 11) is 0. The highest BCUT2D eigenvalue weighted by molar-refractivity contribution is 7.18. The lowest BCUT2D eigenvalue weighted by atomic mass is 10.1. The zero-order valence-corrected chi connectivity index (χ0v) is 11.4. The molecule has 21 heavy (non-hydrogen) atoms. The molecule has 0 spiro atoms. The maximum absolute atomic E-state index is 12.4. The van der Waals surface area contributed by atoms with Gasteiger partial charge in [-0.3, -0.25) is 4.79 Å². The minimum atomic E-state index is -0.559. The maximum atomic E-state index is 12.4. The Bertz CT molecular complexity index is 989. The van der Waals surface area contributed by atoms with E-state index in [-0.39, 0.29) is 16.3 Å². The van der Waals surface area contributed by atoms with Gasteiger partial charge in [0.15, 0.2) is 4.96 Å². The number of anilines is 1. The van der Waals surface area contributed by atoms with Crippen molar-refractivity contribution in [2.45, 2.75) is 0 Å². The third-order valence-electron chi connectivity index (χ3n) is 2.98. The van der Waals surface area contributed by atoms with E-state index in [2.05, 4.69) is 4.98 Å². The summed E-state index contributed by atoms with van der Waals surface area (Å²) in [6, 6.07) is 12.8. The molecule has 0 fully saturated rings. The van der Waals surface area contributed by atoms with Crippen LogP contribution < -0.4 is 11.3 Å². The average Bonchev–Trinajstić information content (AvgIpc) is 2.84. The third kappa shape index (κ3) is 1.84. The zero-order valence-electron chi connectivity index (χ0n) is 10.6. The smallest absolute Gasteiger partial charge is 0.278 e. The zero-order chi connectivity index (χ0) is 15.0. The molecule has 0 unspecified atom stereocenters. The van der Waals surface area contributed by atoms with Crippen molar-refractivity contribution in [3.05, 3.63) is 51.1 Å². The second-order valence-electron chi connectivity index (χ2n) is 4.16. The fourth-order valence-electron chi connectivity index (χ4n) is 2.01. The Morgan fingerprint density at radius 2 is 1.90 bits per heavy atom. The van der Waals surface area contributed by atoms with Crippen molar-refractivity contribution in [1.82, 2.24) is 9.38 Å². The predicted octanol–water partition coefficient (Wildman–Crippen LogP) is 1.75. The van der Waals surface area contributed by atoms with Gasteiger partial charge in [0.05, 0.1) is 5.69 Å². The summed E-state index contributed by atoms with van der Waals surface area (Å²) in [4.78, 5) is 17.3. The lowest BCUT2D eigenvalue weighted by Gasteiger charge is -2.04. The van der Waals surface area contributed by atoms with E-state index < -0.39 is 5.56 Å². The monoisotopic (exact) mass is 293 g/mol. The van der Waals surface area contributed by atoms with Crippen molar-refractivity contribution in [3.8, 4) is 23.4 Å². The number of nitrogens with two attached hydrogens (primary N) is 1. The predicted molar refractivity (Wildman–Crippen MR) is 78.6 cm³/mol. The van der Waals surface area contributed by atoms with Crippen molar-refractivity contribution in [2.24, 2.45) is 0 Å². The van der Waals surface area contributed by atoms with Gasteiger partial charge in [-0.25, -0.2) is 9.38 Å². The van der Waals surface area contributed by atoms with E-state index in [1.807, 2.05) is 18.2 Å². The highest BCUT2D eigenvalue weighted by atomic mass is 32.1. The molecule has 0 aliphatic carbocycles. The Hall–Kier alpha value is -3.16. The van der Waals surface area contributed by atoms with Crippen LogP contribution in [0.5, 0.6) is 0 Å². The molecule has 0 amide bonds. The fourth-order valence-corrected chi connectivity index (χ4v) is 2.85. The van der Waals surface area contributed by atoms with Crippen LogP contribution in [-0.4, -0.2) is 9.38 Å². The van der Waals surface area contributed by atoms with Crippen LogP contribution in [0.3, 0.4) is 0 Å². The van der Waals surface area contributed by atoms with Crippen molar-refractivity contribution < 1.29 is 0 Å². The van der Waals surface area contributed by atoms with Gasteiger partial charge in [-0.15, -0.1) is 0 Å². The van der Waals surface area contributed by atoms with Crippen LogP contribution in [0.1, 0.15) is 10.4 Å². The summed E-state index contributed by atoms with van der Waals surface area (Å²) < 4.78 is 1.11. The standard InChI is InChI=1S/C14H7N5OS/c15-6-9-11(8-4-2-1-3-5-8)18-14-19(13(9)20)12(17)10(7-16)21-14/h1-5H,17H2. The Morgan fingerprint density at radius 3 is 2.52 bits per heavy atom. The summed E-state index contributed by atoms with van der Waals surface area (Å²) in [6.45, 7) is 0. The summed E-state index contributed by atoms with van der Waals surface area (Å²) in [5.41, 5.74) is 6.08. The SMILES string of the molecule is N#Cc1sc2nc(-c3ccccc3)c(C#N)c(=O)n2c1N. The summed E-state index contributed by atoms with van der Waals surface area (Å²) in [5, 5.41) is 18.3. The first-order valence-electron chi connectivity index (χ1n) is 5.88. The van der Waals surface area contributed by atoms with Gasteiger partial charge in [-0.2, -0.15) is 10.5 Å². The van der Waals surface area contributed by atoms with Gasteiger partial charge >= 0.3 is 0 Å². The van der Waals surface area contributed by atoms with Gasteiger partial charge < -0.3 is 5.73 Å². The van der Waals surface area contributed by atoms with Crippen LogP contribution in [-0.2, 0) is 0 Å². The van der Waals surface area contributed by atoms with Crippen molar-refractivity contribution in [1.29, 1.82) is 10.5 Å². The first kappa shape index (κ1) is 12.9. The van der Waals surface area contributed by atoms with Gasteiger partial charge in [0.1, 0.15) is 28.4 Å². The Morgan fingerprint density at radius 1 is 1.19 bits per heavy atom. The molecule has 0 aliphatic rings. The van der Waals surface area contributed by atoms with Crippen LogP contribution in [0.15, 0.2) is 35.1 Å². The normalized spacial score (nSPS) is 10.2. The fraction of sp³-hybridized carbons (Fsp3) is 0. The molecule has 0 atom stereocenters. The Kier molecular flexibility index (Phi) is 2.90. The quantitative estimate of drug-likeness (QED) is 0.735. The summed E-state index contributed by atoms with van der Waals surface area (Å²) in [6.07, 6.45) is 0. The first-order chi connectivity index (χ1) is 10.2. The Labute approximate surface area is 122 Å². The molecule has 2 heterocycles. The second kappa shape index (κ2) is 4.75. The van der Waals surface area contributed by atoms with Gasteiger partial charge in [0.2, 0.25) is 0 Å². The number of nitrogen functional groups attached to an aromatic ring is 1. The molecule has 7 heteroatoms. The number of thiazole rings is 1. The van der Waals surface area contributed by atoms with Crippen LogP contribution in [0.2, 0.25) is 0 Å². The molecule has 0 saturated carbocycles. The van der Waals surface area contributed by atoms with E-state index >= 15 is 0 Å². The number of benzene rings is 1. The number of nitriles is 2. The molecule has 0 saturated heterocycles. The van der Waals surface area contributed by atoms with Gasteiger partial charge in [0, 0.05) is 5.56 Å². The van der Waals surface area contributed by atoms with E-state index in [0.29, 0.717) is 16.2 Å². The van der Waals surface area contributed by atoms with E-state index in [1.165, 1.54) is 0 Å². The van der Waals surface area contributed by atoms with Gasteiger partial charge in [0.25, 0.3) is 5.56 Å². The number of hydrogen-bond donors (Lipinski definition) is 1. The molecular formula is C14H7N5OS. The van der Waals surface area contributed by atoms with Crippen LogP contribution in [0.25, 0.3) is 16.2 Å². The first-order valence-corrected chi connectivity index (χ1v) is 6.69. The second-order valence-corrected chi connectivity index (χ2v) is 5.14. The number of hydrogen-bond acceptors (Lipinski definition) is 6. The third-order valence-corrected chi connectivity index (χ3v) is 3.94. The van der Waals surface area contributed by atoms with Gasteiger partial charge in [-0.1, -0.05) is 41.7 Å².